The minimum absolute atomic E-state index is 0.165. The summed E-state index contributed by atoms with van der Waals surface area (Å²) in [5.74, 6) is -0.876. The molecule has 1 heterocycles. The molecule has 1 fully saturated rings. The molecule has 6 nitrogen and oxygen atoms in total. The zero-order valence-electron chi connectivity index (χ0n) is 18.3. The van der Waals surface area contributed by atoms with E-state index in [0.717, 1.165) is 11.1 Å². The van der Waals surface area contributed by atoms with Crippen LogP contribution in [0.2, 0.25) is 0 Å². The molecule has 0 atom stereocenters. The SMILES string of the molecule is CCN1C(=O)C(=Cc2ccccc2OCc2ccc(F)cc2)SC1=Nc1ccc(C(=O)O)cc1. The van der Waals surface area contributed by atoms with Gasteiger partial charge in [-0.2, -0.15) is 0 Å². The van der Waals surface area contributed by atoms with E-state index in [1.165, 1.54) is 36.0 Å². The molecular weight excluding hydrogens is 455 g/mol. The number of ether oxygens (including phenoxy) is 1. The Morgan fingerprint density at radius 3 is 2.47 bits per heavy atom. The van der Waals surface area contributed by atoms with Crippen molar-refractivity contribution in [2.75, 3.05) is 6.54 Å². The molecule has 0 unspecified atom stereocenters. The zero-order chi connectivity index (χ0) is 24.1. The fraction of sp³-hybridized carbons (Fsp3) is 0.115. The maximum Gasteiger partial charge on any atom is 0.335 e. The molecule has 0 saturated carbocycles. The third kappa shape index (κ3) is 5.35. The number of thioether (sulfide) groups is 1. The summed E-state index contributed by atoms with van der Waals surface area (Å²) in [5.41, 5.74) is 2.30. The molecule has 0 bridgehead atoms. The number of aliphatic imine (C=N–C) groups is 1. The number of hydrogen-bond acceptors (Lipinski definition) is 5. The molecule has 1 saturated heterocycles. The summed E-state index contributed by atoms with van der Waals surface area (Å²) in [6, 6.07) is 19.6. The molecule has 0 radical (unpaired) electrons. The van der Waals surface area contributed by atoms with Crippen LogP contribution in [-0.4, -0.2) is 33.6 Å². The number of carboxylic acids is 1. The lowest BCUT2D eigenvalue weighted by Crippen LogP contribution is -2.28. The van der Waals surface area contributed by atoms with Crippen LogP contribution in [0.4, 0.5) is 10.1 Å². The van der Waals surface area contributed by atoms with Crippen LogP contribution in [0.1, 0.15) is 28.4 Å². The van der Waals surface area contributed by atoms with E-state index in [2.05, 4.69) is 4.99 Å². The van der Waals surface area contributed by atoms with Gasteiger partial charge in [-0.05, 0) is 72.8 Å². The number of amidine groups is 1. The monoisotopic (exact) mass is 476 g/mol. The van der Waals surface area contributed by atoms with Crippen LogP contribution in [-0.2, 0) is 11.4 Å². The first kappa shape index (κ1) is 23.3. The molecule has 172 valence electrons. The van der Waals surface area contributed by atoms with E-state index in [0.29, 0.717) is 28.1 Å². The molecule has 3 aromatic rings. The fourth-order valence-corrected chi connectivity index (χ4v) is 4.33. The predicted octanol–water partition coefficient (Wildman–Crippen LogP) is 5.73. The second kappa shape index (κ2) is 10.4. The highest BCUT2D eigenvalue weighted by Crippen LogP contribution is 2.35. The van der Waals surface area contributed by atoms with Gasteiger partial charge in [0.1, 0.15) is 18.2 Å². The standard InChI is InChI=1S/C26H21FN2O4S/c1-2-29-24(30)23(34-26(29)28-21-13-9-18(10-14-21)25(31)32)15-19-5-3-4-6-22(19)33-16-17-7-11-20(27)12-8-17/h3-15H,2,16H2,1H3,(H,31,32). The molecule has 8 heteroatoms. The molecule has 0 aromatic heterocycles. The topological polar surface area (TPSA) is 79.2 Å². The van der Waals surface area contributed by atoms with Gasteiger partial charge in [0.25, 0.3) is 5.91 Å². The summed E-state index contributed by atoms with van der Waals surface area (Å²) in [6.45, 7) is 2.57. The Kier molecular flexibility index (Phi) is 7.08. The number of halogens is 1. The van der Waals surface area contributed by atoms with E-state index in [1.54, 1.807) is 35.2 Å². The van der Waals surface area contributed by atoms with E-state index in [1.807, 2.05) is 31.2 Å². The molecule has 1 amide bonds. The van der Waals surface area contributed by atoms with E-state index >= 15 is 0 Å². The van der Waals surface area contributed by atoms with Crippen LogP contribution in [0.15, 0.2) is 82.7 Å². The maximum atomic E-state index is 13.1. The van der Waals surface area contributed by atoms with Gasteiger partial charge in [0.2, 0.25) is 0 Å². The van der Waals surface area contributed by atoms with Gasteiger partial charge in [0.15, 0.2) is 5.17 Å². The van der Waals surface area contributed by atoms with Crippen LogP contribution < -0.4 is 4.74 Å². The largest absolute Gasteiger partial charge is 0.488 e. The second-order valence-corrected chi connectivity index (χ2v) is 8.37. The Balaban J connectivity index is 1.56. The molecular formula is C26H21FN2O4S. The Bertz CT molecular complexity index is 1270. The van der Waals surface area contributed by atoms with E-state index in [9.17, 15) is 14.0 Å². The predicted molar refractivity (Wildman–Crippen MR) is 131 cm³/mol. The van der Waals surface area contributed by atoms with Crippen molar-refractivity contribution in [1.29, 1.82) is 0 Å². The highest BCUT2D eigenvalue weighted by atomic mass is 32.2. The summed E-state index contributed by atoms with van der Waals surface area (Å²) in [5, 5.41) is 9.58. The number of hydrogen-bond donors (Lipinski definition) is 1. The number of carbonyl (C=O) groups excluding carboxylic acids is 1. The minimum atomic E-state index is -1.01. The van der Waals surface area contributed by atoms with E-state index in [4.69, 9.17) is 9.84 Å². The van der Waals surface area contributed by atoms with Crippen molar-refractivity contribution in [3.8, 4) is 5.75 Å². The average molecular weight is 477 g/mol. The van der Waals surface area contributed by atoms with Crippen molar-refractivity contribution < 1.29 is 23.8 Å². The van der Waals surface area contributed by atoms with Gasteiger partial charge in [0.05, 0.1) is 16.2 Å². The van der Waals surface area contributed by atoms with Gasteiger partial charge < -0.3 is 9.84 Å². The maximum absolute atomic E-state index is 13.1. The van der Waals surface area contributed by atoms with Gasteiger partial charge >= 0.3 is 5.97 Å². The van der Waals surface area contributed by atoms with Crippen LogP contribution in [0.25, 0.3) is 6.08 Å². The minimum Gasteiger partial charge on any atom is -0.488 e. The van der Waals surface area contributed by atoms with Crippen LogP contribution in [0.3, 0.4) is 0 Å². The number of amides is 1. The first-order valence-electron chi connectivity index (χ1n) is 10.5. The molecule has 3 aromatic carbocycles. The molecule has 4 rings (SSSR count). The Morgan fingerprint density at radius 2 is 1.79 bits per heavy atom. The number of benzene rings is 3. The van der Waals surface area contributed by atoms with Crippen molar-refractivity contribution in [1.82, 2.24) is 4.90 Å². The number of carbonyl (C=O) groups is 2. The zero-order valence-corrected chi connectivity index (χ0v) is 19.1. The number of rotatable bonds is 7. The highest BCUT2D eigenvalue weighted by Gasteiger charge is 2.32. The normalized spacial score (nSPS) is 15.8. The van der Waals surface area contributed by atoms with Gasteiger partial charge in [-0.3, -0.25) is 9.69 Å². The van der Waals surface area contributed by atoms with Gasteiger partial charge in [-0.25, -0.2) is 14.2 Å². The van der Waals surface area contributed by atoms with Crippen molar-refractivity contribution >= 4 is 40.6 Å². The number of nitrogens with zero attached hydrogens (tertiary/aromatic N) is 2. The van der Waals surface area contributed by atoms with E-state index < -0.39 is 5.97 Å². The van der Waals surface area contributed by atoms with Crippen molar-refractivity contribution in [3.05, 3.63) is 100 Å². The molecule has 0 spiro atoms. The lowest BCUT2D eigenvalue weighted by Gasteiger charge is -2.12. The third-order valence-corrected chi connectivity index (χ3v) is 6.06. The van der Waals surface area contributed by atoms with E-state index in [-0.39, 0.29) is 23.9 Å². The second-order valence-electron chi connectivity index (χ2n) is 7.36. The Morgan fingerprint density at radius 1 is 1.09 bits per heavy atom. The molecule has 0 aliphatic carbocycles. The number of carboxylic acid groups (broad SMARTS) is 1. The first-order valence-corrected chi connectivity index (χ1v) is 11.4. The molecule has 1 aliphatic heterocycles. The molecule has 1 N–H and O–H groups in total. The number of aromatic carboxylic acids is 1. The highest BCUT2D eigenvalue weighted by molar-refractivity contribution is 8.18. The molecule has 34 heavy (non-hydrogen) atoms. The number of likely N-dealkylation sites (N-methyl/N-ethyl adjacent to an activating group) is 1. The quantitative estimate of drug-likeness (QED) is 0.441. The summed E-state index contributed by atoms with van der Waals surface area (Å²) < 4.78 is 19.1. The van der Waals surface area contributed by atoms with Crippen molar-refractivity contribution in [2.24, 2.45) is 4.99 Å². The smallest absolute Gasteiger partial charge is 0.335 e. The summed E-state index contributed by atoms with van der Waals surface area (Å²) in [7, 11) is 0. The summed E-state index contributed by atoms with van der Waals surface area (Å²) in [6.07, 6.45) is 1.77. The first-order chi connectivity index (χ1) is 16.4. The van der Waals surface area contributed by atoms with Gasteiger partial charge in [0, 0.05) is 12.1 Å². The van der Waals surface area contributed by atoms with Crippen LogP contribution >= 0.6 is 11.8 Å². The lowest BCUT2D eigenvalue weighted by molar-refractivity contribution is -0.122. The summed E-state index contributed by atoms with van der Waals surface area (Å²) >= 11 is 1.25. The van der Waals surface area contributed by atoms with Crippen molar-refractivity contribution in [3.63, 3.8) is 0 Å². The fourth-order valence-electron chi connectivity index (χ4n) is 3.27. The van der Waals surface area contributed by atoms with Crippen LogP contribution in [0.5, 0.6) is 5.75 Å². The number of para-hydroxylation sites is 1. The van der Waals surface area contributed by atoms with Gasteiger partial charge in [-0.15, -0.1) is 0 Å². The molecule has 1 aliphatic rings. The van der Waals surface area contributed by atoms with Crippen molar-refractivity contribution in [2.45, 2.75) is 13.5 Å². The lowest BCUT2D eigenvalue weighted by atomic mass is 10.1. The Hall–Kier alpha value is -3.91. The summed E-state index contributed by atoms with van der Waals surface area (Å²) in [4.78, 5) is 30.7. The Labute approximate surface area is 200 Å². The van der Waals surface area contributed by atoms with Crippen LogP contribution in [0, 0.1) is 5.82 Å². The van der Waals surface area contributed by atoms with Gasteiger partial charge in [-0.1, -0.05) is 30.3 Å². The average Bonchev–Trinajstić information content (AvgIpc) is 3.13. The third-order valence-electron chi connectivity index (χ3n) is 5.06.